The third-order valence-corrected chi connectivity index (χ3v) is 4.05. The van der Waals surface area contributed by atoms with E-state index in [0.29, 0.717) is 0 Å². The van der Waals surface area contributed by atoms with Gasteiger partial charge in [0.15, 0.2) is 0 Å². The van der Waals surface area contributed by atoms with E-state index in [2.05, 4.69) is 0 Å². The van der Waals surface area contributed by atoms with E-state index in [9.17, 15) is 27.7 Å². The molecule has 0 radical (unpaired) electrons. The molecular formula is C11H12FN3O5S. The van der Waals surface area contributed by atoms with E-state index in [1.807, 2.05) is 0 Å². The van der Waals surface area contributed by atoms with Gasteiger partial charge in [0.2, 0.25) is 21.7 Å². The molecule has 1 amide bonds. The average molecular weight is 317 g/mol. The number of nitrogens with zero attached hydrogens (tertiary/aromatic N) is 2. The number of nitrogens with two attached hydrogens (primary N) is 1. The van der Waals surface area contributed by atoms with Crippen LogP contribution in [0.5, 0.6) is 0 Å². The van der Waals surface area contributed by atoms with Gasteiger partial charge in [0.05, 0.1) is 10.7 Å². The summed E-state index contributed by atoms with van der Waals surface area (Å²) < 4.78 is 35.6. The van der Waals surface area contributed by atoms with Crippen LogP contribution in [0.3, 0.4) is 0 Å². The predicted molar refractivity (Wildman–Crippen MR) is 71.5 cm³/mol. The number of carbonyl (C=O) groups excluding carboxylic acids is 1. The molecule has 1 saturated heterocycles. The fraction of sp³-hybridized carbons (Fsp3) is 0.364. The molecule has 21 heavy (non-hydrogen) atoms. The van der Waals surface area contributed by atoms with Gasteiger partial charge >= 0.3 is 5.69 Å². The first-order valence-corrected chi connectivity index (χ1v) is 7.63. The van der Waals surface area contributed by atoms with Crippen molar-refractivity contribution < 1.29 is 22.5 Å². The molecular weight excluding hydrogens is 305 g/mol. The summed E-state index contributed by atoms with van der Waals surface area (Å²) in [7, 11) is -3.70. The summed E-state index contributed by atoms with van der Waals surface area (Å²) in [6.07, 6.45) is -0.0188. The third kappa shape index (κ3) is 3.52. The summed E-state index contributed by atoms with van der Waals surface area (Å²) in [5.41, 5.74) is -0.536. The van der Waals surface area contributed by atoms with Gasteiger partial charge in [0, 0.05) is 36.7 Å². The summed E-state index contributed by atoms with van der Waals surface area (Å²) in [6, 6.07) is 3.10. The number of rotatable bonds is 4. The number of sulfonamides is 1. The van der Waals surface area contributed by atoms with Crippen LogP contribution in [0.25, 0.3) is 0 Å². The Hall–Kier alpha value is -2.07. The largest absolute Gasteiger partial charge is 0.312 e. The van der Waals surface area contributed by atoms with Gasteiger partial charge < -0.3 is 4.90 Å². The number of hydrogen-bond donors (Lipinski definition) is 1. The molecule has 10 heteroatoms. The maximum atomic E-state index is 13.6. The minimum Gasteiger partial charge on any atom is -0.312 e. The van der Waals surface area contributed by atoms with Gasteiger partial charge in [0.1, 0.15) is 0 Å². The van der Waals surface area contributed by atoms with Crippen molar-refractivity contribution >= 4 is 27.3 Å². The molecule has 1 aliphatic rings. The molecule has 0 spiro atoms. The van der Waals surface area contributed by atoms with Gasteiger partial charge in [-0.2, -0.15) is 4.39 Å². The van der Waals surface area contributed by atoms with Gasteiger partial charge in [-0.25, -0.2) is 13.6 Å². The normalized spacial score (nSPS) is 19.0. The number of anilines is 1. The lowest BCUT2D eigenvalue weighted by molar-refractivity contribution is -0.387. The minimum absolute atomic E-state index is 0.0188. The van der Waals surface area contributed by atoms with Gasteiger partial charge in [-0.1, -0.05) is 0 Å². The van der Waals surface area contributed by atoms with Gasteiger partial charge in [-0.05, 0) is 6.07 Å². The van der Waals surface area contributed by atoms with Crippen LogP contribution in [0, 0.1) is 21.8 Å². The second kappa shape index (κ2) is 5.37. The van der Waals surface area contributed by atoms with E-state index >= 15 is 0 Å². The van der Waals surface area contributed by atoms with Crippen LogP contribution in [0.4, 0.5) is 15.8 Å². The Morgan fingerprint density at radius 2 is 2.14 bits per heavy atom. The predicted octanol–water partition coefficient (Wildman–Crippen LogP) is 0.375. The molecule has 8 nitrogen and oxygen atoms in total. The van der Waals surface area contributed by atoms with Crippen molar-refractivity contribution in [2.45, 2.75) is 6.42 Å². The number of nitro benzene ring substituents is 1. The van der Waals surface area contributed by atoms with Crippen molar-refractivity contribution in [3.63, 3.8) is 0 Å². The Labute approximate surface area is 119 Å². The minimum atomic E-state index is -3.70. The van der Waals surface area contributed by atoms with Crippen molar-refractivity contribution in [1.82, 2.24) is 0 Å². The topological polar surface area (TPSA) is 124 Å². The Balaban J connectivity index is 2.21. The van der Waals surface area contributed by atoms with Crippen molar-refractivity contribution in [2.75, 3.05) is 17.2 Å². The first kappa shape index (κ1) is 15.3. The quantitative estimate of drug-likeness (QED) is 0.635. The van der Waals surface area contributed by atoms with Crippen LogP contribution in [0.2, 0.25) is 0 Å². The van der Waals surface area contributed by atoms with Crippen LogP contribution < -0.4 is 10.0 Å². The number of carbonyl (C=O) groups is 1. The standard InChI is InChI=1S/C11H12FN3O5S/c12-9-4-8(1-2-10(9)15(17)18)14-5-7(3-11(14)16)6-21(13,19)20/h1-2,4,7H,3,5-6H2,(H2,13,19,20). The molecule has 1 fully saturated rings. The lowest BCUT2D eigenvalue weighted by Gasteiger charge is -2.16. The number of amides is 1. The molecule has 2 N–H and O–H groups in total. The van der Waals surface area contributed by atoms with E-state index in [4.69, 9.17) is 5.14 Å². The average Bonchev–Trinajstić information content (AvgIpc) is 2.66. The molecule has 0 aliphatic carbocycles. The highest BCUT2D eigenvalue weighted by atomic mass is 32.2. The molecule has 1 aromatic rings. The highest BCUT2D eigenvalue weighted by Crippen LogP contribution is 2.29. The van der Waals surface area contributed by atoms with E-state index in [0.717, 1.165) is 12.1 Å². The Kier molecular flexibility index (Phi) is 3.92. The van der Waals surface area contributed by atoms with Gasteiger partial charge in [-0.15, -0.1) is 0 Å². The number of halogens is 1. The zero-order chi connectivity index (χ0) is 15.8. The van der Waals surface area contributed by atoms with Crippen molar-refractivity contribution in [3.8, 4) is 0 Å². The lowest BCUT2D eigenvalue weighted by Crippen LogP contribution is -2.27. The number of primary sulfonamides is 1. The Morgan fingerprint density at radius 3 is 2.67 bits per heavy atom. The molecule has 0 saturated carbocycles. The molecule has 114 valence electrons. The molecule has 1 atom stereocenters. The highest BCUT2D eigenvalue weighted by Gasteiger charge is 2.33. The lowest BCUT2D eigenvalue weighted by atomic mass is 10.1. The second-order valence-corrected chi connectivity index (χ2v) is 6.46. The summed E-state index contributed by atoms with van der Waals surface area (Å²) in [5, 5.41) is 15.5. The Morgan fingerprint density at radius 1 is 1.48 bits per heavy atom. The summed E-state index contributed by atoms with van der Waals surface area (Å²) in [6.45, 7) is 0.0759. The summed E-state index contributed by atoms with van der Waals surface area (Å²) in [5.74, 6) is -2.26. The van der Waals surface area contributed by atoms with Crippen molar-refractivity contribution in [1.29, 1.82) is 0 Å². The van der Waals surface area contributed by atoms with Crippen LogP contribution in [0.1, 0.15) is 6.42 Å². The summed E-state index contributed by atoms with van der Waals surface area (Å²) in [4.78, 5) is 22.7. The third-order valence-electron chi connectivity index (χ3n) is 3.11. The number of benzene rings is 1. The molecule has 0 bridgehead atoms. The highest BCUT2D eigenvalue weighted by molar-refractivity contribution is 7.89. The zero-order valence-corrected chi connectivity index (χ0v) is 11.5. The fourth-order valence-electron chi connectivity index (χ4n) is 2.28. The molecule has 1 unspecified atom stereocenters. The van der Waals surface area contributed by atoms with Gasteiger partial charge in [-0.3, -0.25) is 14.9 Å². The zero-order valence-electron chi connectivity index (χ0n) is 10.7. The maximum Gasteiger partial charge on any atom is 0.304 e. The smallest absolute Gasteiger partial charge is 0.304 e. The van der Waals surface area contributed by atoms with Crippen LogP contribution >= 0.6 is 0 Å². The fourth-order valence-corrected chi connectivity index (χ4v) is 3.16. The maximum absolute atomic E-state index is 13.6. The number of hydrogen-bond acceptors (Lipinski definition) is 5. The van der Waals surface area contributed by atoms with E-state index in [-0.39, 0.29) is 30.3 Å². The van der Waals surface area contributed by atoms with Crippen LogP contribution in [-0.4, -0.2) is 31.5 Å². The van der Waals surface area contributed by atoms with Crippen LogP contribution in [0.15, 0.2) is 18.2 Å². The molecule has 2 rings (SSSR count). The molecule has 1 aromatic carbocycles. The first-order chi connectivity index (χ1) is 9.67. The van der Waals surface area contributed by atoms with E-state index in [1.54, 1.807) is 0 Å². The number of nitro groups is 1. The van der Waals surface area contributed by atoms with Crippen molar-refractivity contribution in [3.05, 3.63) is 34.1 Å². The van der Waals surface area contributed by atoms with Crippen molar-refractivity contribution in [2.24, 2.45) is 11.1 Å². The van der Waals surface area contributed by atoms with E-state index in [1.165, 1.54) is 11.0 Å². The summed E-state index contributed by atoms with van der Waals surface area (Å²) >= 11 is 0. The van der Waals surface area contributed by atoms with Crippen LogP contribution in [-0.2, 0) is 14.8 Å². The first-order valence-electron chi connectivity index (χ1n) is 5.92. The SMILES string of the molecule is NS(=O)(=O)CC1CC(=O)N(c2ccc([N+](=O)[O-])c(F)c2)C1. The molecule has 1 aliphatic heterocycles. The Bertz CT molecular complexity index is 706. The monoisotopic (exact) mass is 317 g/mol. The van der Waals surface area contributed by atoms with E-state index < -0.39 is 32.4 Å². The molecule has 0 aromatic heterocycles. The molecule has 1 heterocycles. The second-order valence-electron chi connectivity index (χ2n) is 4.80. The van der Waals surface area contributed by atoms with Gasteiger partial charge in [0.25, 0.3) is 0 Å².